The van der Waals surface area contributed by atoms with E-state index in [1.807, 2.05) is 30.3 Å². The van der Waals surface area contributed by atoms with Gasteiger partial charge in [-0.25, -0.2) is 9.36 Å². The number of phosphoric ester groups is 1. The topological polar surface area (TPSA) is 94.1 Å². The highest BCUT2D eigenvalue weighted by Gasteiger charge is 2.31. The minimum atomic E-state index is -4.57. The van der Waals surface area contributed by atoms with Crippen molar-refractivity contribution >= 4 is 13.8 Å². The van der Waals surface area contributed by atoms with Crippen LogP contribution in [0.5, 0.6) is 5.75 Å². The summed E-state index contributed by atoms with van der Waals surface area (Å²) in [5.74, 6) is -0.849. The van der Waals surface area contributed by atoms with Gasteiger partial charge in [-0.1, -0.05) is 48.5 Å². The Morgan fingerprint density at radius 3 is 2.20 bits per heavy atom. The summed E-state index contributed by atoms with van der Waals surface area (Å²) in [5.41, 5.74) is 3.42. The van der Waals surface area contributed by atoms with Crippen LogP contribution >= 0.6 is 7.82 Å². The van der Waals surface area contributed by atoms with Gasteiger partial charge in [-0.15, -0.1) is 0 Å². The number of carbonyl (C=O) groups excluding carboxylic acids is 1. The maximum absolute atomic E-state index is 11.9. The molecular weight excluding hydrogens is 345 g/mol. The van der Waals surface area contributed by atoms with E-state index in [9.17, 15) is 14.3 Å². The Morgan fingerprint density at radius 1 is 1.04 bits per heavy atom. The summed E-state index contributed by atoms with van der Waals surface area (Å²) in [4.78, 5) is 27.0. The second-order valence-electron chi connectivity index (χ2n) is 5.29. The van der Waals surface area contributed by atoms with Crippen molar-refractivity contribution in [3.8, 4) is 5.75 Å². The van der Waals surface area contributed by atoms with Crippen LogP contribution < -0.4 is 10.0 Å². The number of hydrogen-bond donors (Lipinski definition) is 2. The number of nitrogens with one attached hydrogen (secondary N) is 1. The molecule has 0 amide bonds. The van der Waals surface area contributed by atoms with Gasteiger partial charge in [-0.2, -0.15) is 5.48 Å². The third kappa shape index (κ3) is 6.32. The quantitative estimate of drug-likeness (QED) is 0.547. The van der Waals surface area contributed by atoms with E-state index >= 15 is 0 Å². The Balaban J connectivity index is 1.84. The van der Waals surface area contributed by atoms with Crippen LogP contribution in [0.3, 0.4) is 0 Å². The number of hydrogen-bond acceptors (Lipinski definition) is 6. The molecule has 1 unspecified atom stereocenters. The van der Waals surface area contributed by atoms with Gasteiger partial charge >= 0.3 is 13.8 Å². The van der Waals surface area contributed by atoms with Crippen molar-refractivity contribution in [3.63, 3.8) is 0 Å². The highest BCUT2D eigenvalue weighted by molar-refractivity contribution is 7.48. The Bertz CT molecular complexity index is 724. The summed E-state index contributed by atoms with van der Waals surface area (Å²) in [6.07, 6.45) is -0.321. The van der Waals surface area contributed by atoms with Crippen molar-refractivity contribution in [1.29, 1.82) is 0 Å². The molecule has 134 valence electrons. The average molecular weight is 365 g/mol. The molecule has 2 aromatic rings. The first-order valence-corrected chi connectivity index (χ1v) is 9.14. The predicted octanol–water partition coefficient (Wildman–Crippen LogP) is 3.38. The number of hydroxylamine groups is 1. The fourth-order valence-corrected chi connectivity index (χ4v) is 2.68. The van der Waals surface area contributed by atoms with Crippen LogP contribution in [0, 0.1) is 0 Å². The number of phosphoric acid groups is 1. The number of rotatable bonds is 8. The van der Waals surface area contributed by atoms with Gasteiger partial charge in [0.05, 0.1) is 0 Å². The van der Waals surface area contributed by atoms with E-state index in [2.05, 4.69) is 10.0 Å². The molecule has 7 nitrogen and oxygen atoms in total. The van der Waals surface area contributed by atoms with E-state index in [0.29, 0.717) is 0 Å². The van der Waals surface area contributed by atoms with Crippen LogP contribution in [0.4, 0.5) is 0 Å². The van der Waals surface area contributed by atoms with Gasteiger partial charge in [0.2, 0.25) is 0 Å². The third-order valence-corrected chi connectivity index (χ3v) is 4.07. The lowest BCUT2D eigenvalue weighted by atomic mass is 10.1. The Hall–Kier alpha value is -2.18. The lowest BCUT2D eigenvalue weighted by Crippen LogP contribution is -2.35. The number of benzene rings is 2. The van der Waals surface area contributed by atoms with Crippen molar-refractivity contribution < 1.29 is 28.1 Å². The molecule has 2 N–H and O–H groups in total. The zero-order valence-corrected chi connectivity index (χ0v) is 14.8. The SMILES string of the molecule is C[C@H](NO[C@@H](C)c1ccccc1)C(=O)OP(=O)(O)Oc1ccccc1. The van der Waals surface area contributed by atoms with Crippen molar-refractivity contribution in [1.82, 2.24) is 5.48 Å². The zero-order chi connectivity index (χ0) is 18.3. The molecule has 0 radical (unpaired) electrons. The minimum absolute atomic E-state index is 0.121. The molecule has 0 spiro atoms. The van der Waals surface area contributed by atoms with Crippen LogP contribution in [0.25, 0.3) is 0 Å². The van der Waals surface area contributed by atoms with Crippen molar-refractivity contribution in [2.24, 2.45) is 0 Å². The molecule has 0 aliphatic heterocycles. The van der Waals surface area contributed by atoms with Crippen LogP contribution in [-0.4, -0.2) is 16.9 Å². The van der Waals surface area contributed by atoms with E-state index in [1.54, 1.807) is 25.1 Å². The third-order valence-electron chi connectivity index (χ3n) is 3.21. The molecule has 0 aromatic heterocycles. The second kappa shape index (κ2) is 8.78. The first kappa shape index (κ1) is 19.1. The molecule has 2 rings (SSSR count). The maximum atomic E-state index is 11.9. The van der Waals surface area contributed by atoms with Gasteiger partial charge in [0.15, 0.2) is 0 Å². The molecule has 2 aromatic carbocycles. The molecular formula is C17H20NO6P. The van der Waals surface area contributed by atoms with Gasteiger partial charge in [-0.3, -0.25) is 9.73 Å². The van der Waals surface area contributed by atoms with Gasteiger partial charge in [0, 0.05) is 0 Å². The first-order valence-electron chi connectivity index (χ1n) is 7.64. The lowest BCUT2D eigenvalue weighted by molar-refractivity contribution is -0.143. The highest BCUT2D eigenvalue weighted by atomic mass is 31.2. The Kier molecular flexibility index (Phi) is 6.73. The van der Waals surface area contributed by atoms with Crippen LogP contribution in [-0.2, 0) is 18.7 Å². The van der Waals surface area contributed by atoms with Gasteiger partial charge < -0.3 is 9.05 Å². The van der Waals surface area contributed by atoms with Crippen molar-refractivity contribution in [3.05, 3.63) is 66.2 Å². The molecule has 3 atom stereocenters. The molecule has 8 heteroatoms. The molecule has 0 heterocycles. The molecule has 25 heavy (non-hydrogen) atoms. The van der Waals surface area contributed by atoms with E-state index in [-0.39, 0.29) is 11.9 Å². The standard InChI is InChI=1S/C17H20NO6P/c1-13(18-22-14(2)15-9-5-3-6-10-15)17(19)24-25(20,21)23-16-11-7-4-8-12-16/h3-14,18H,1-2H3,(H,20,21)/t13-,14-/m0/s1. The molecule has 0 bridgehead atoms. The zero-order valence-electron chi connectivity index (χ0n) is 13.9. The van der Waals surface area contributed by atoms with Crippen LogP contribution in [0.15, 0.2) is 60.7 Å². The summed E-state index contributed by atoms with van der Waals surface area (Å²) < 4.78 is 21.2. The minimum Gasteiger partial charge on any atom is -0.395 e. The smallest absolute Gasteiger partial charge is 0.395 e. The Morgan fingerprint density at radius 2 is 1.60 bits per heavy atom. The normalized spacial score (nSPS) is 15.6. The lowest BCUT2D eigenvalue weighted by Gasteiger charge is -2.19. The molecule has 0 saturated heterocycles. The molecule has 0 aliphatic rings. The van der Waals surface area contributed by atoms with Gasteiger partial charge in [0.25, 0.3) is 0 Å². The number of para-hydroxylation sites is 1. The van der Waals surface area contributed by atoms with E-state index in [0.717, 1.165) is 5.56 Å². The fourth-order valence-electron chi connectivity index (χ4n) is 1.87. The first-order chi connectivity index (χ1) is 11.9. The predicted molar refractivity (Wildman–Crippen MR) is 91.5 cm³/mol. The summed E-state index contributed by atoms with van der Waals surface area (Å²) >= 11 is 0. The Labute approximate surface area is 146 Å². The molecule has 0 saturated carbocycles. The number of carbonyl (C=O) groups is 1. The molecule has 0 fully saturated rings. The van der Waals surface area contributed by atoms with Crippen molar-refractivity contribution in [2.75, 3.05) is 0 Å². The summed E-state index contributed by atoms with van der Waals surface area (Å²) in [6.45, 7) is 3.25. The van der Waals surface area contributed by atoms with Crippen LogP contribution in [0.2, 0.25) is 0 Å². The second-order valence-corrected chi connectivity index (χ2v) is 6.60. The fraction of sp³-hybridized carbons (Fsp3) is 0.235. The van der Waals surface area contributed by atoms with Crippen molar-refractivity contribution in [2.45, 2.75) is 26.0 Å². The van der Waals surface area contributed by atoms with E-state index < -0.39 is 19.8 Å². The van der Waals surface area contributed by atoms with E-state index in [1.165, 1.54) is 19.1 Å². The monoisotopic (exact) mass is 365 g/mol. The molecule has 0 aliphatic carbocycles. The summed E-state index contributed by atoms with van der Waals surface area (Å²) in [5, 5.41) is 0. The van der Waals surface area contributed by atoms with Crippen LogP contribution in [0.1, 0.15) is 25.5 Å². The van der Waals surface area contributed by atoms with E-state index in [4.69, 9.17) is 9.36 Å². The largest absolute Gasteiger partial charge is 0.587 e. The highest BCUT2D eigenvalue weighted by Crippen LogP contribution is 2.44. The average Bonchev–Trinajstić information content (AvgIpc) is 2.60. The maximum Gasteiger partial charge on any atom is 0.587 e. The van der Waals surface area contributed by atoms with Gasteiger partial charge in [-0.05, 0) is 31.5 Å². The summed E-state index contributed by atoms with van der Waals surface area (Å²) in [7, 11) is -4.57. The van der Waals surface area contributed by atoms with Gasteiger partial charge in [0.1, 0.15) is 17.9 Å². The summed E-state index contributed by atoms with van der Waals surface area (Å²) in [6, 6.07) is 16.3.